The first kappa shape index (κ1) is 13.6. The molecule has 3 N–H and O–H groups in total. The van der Waals surface area contributed by atoms with Crippen LogP contribution in [0.15, 0.2) is 18.2 Å². The van der Waals surface area contributed by atoms with E-state index in [0.29, 0.717) is 11.3 Å². The van der Waals surface area contributed by atoms with E-state index in [1.165, 1.54) is 4.90 Å². The van der Waals surface area contributed by atoms with Crippen LogP contribution in [-0.2, 0) is 16.0 Å². The van der Waals surface area contributed by atoms with Gasteiger partial charge in [-0.1, -0.05) is 0 Å². The van der Waals surface area contributed by atoms with Crippen LogP contribution in [0.4, 0.5) is 5.69 Å². The van der Waals surface area contributed by atoms with Crippen LogP contribution in [0.1, 0.15) is 22.3 Å². The number of nitrogens with one attached hydrogen (secondary N) is 1. The molecule has 7 heteroatoms. The number of likely N-dealkylation sites (tertiary alicyclic amines) is 1. The van der Waals surface area contributed by atoms with Gasteiger partial charge in [0, 0.05) is 24.2 Å². The van der Waals surface area contributed by atoms with E-state index in [-0.39, 0.29) is 25.3 Å². The molecular weight excluding hydrogens is 276 g/mol. The number of rotatable bonds is 2. The number of nitrogens with zero attached hydrogens (tertiary/aromatic N) is 1. The van der Waals surface area contributed by atoms with E-state index in [1.807, 2.05) is 0 Å². The molecule has 0 saturated carbocycles. The fraction of sp³-hybridized carbons (Fsp3) is 0.357. The Morgan fingerprint density at radius 3 is 2.81 bits per heavy atom. The minimum Gasteiger partial charge on any atom is -0.480 e. The number of hydrogen-bond donors (Lipinski definition) is 3. The molecule has 2 heterocycles. The van der Waals surface area contributed by atoms with Crippen LogP contribution in [0.5, 0.6) is 0 Å². The van der Waals surface area contributed by atoms with Gasteiger partial charge < -0.3 is 20.4 Å². The number of amides is 2. The van der Waals surface area contributed by atoms with Crippen molar-refractivity contribution in [1.29, 1.82) is 0 Å². The average Bonchev–Trinajstić information content (AvgIpc) is 2.98. The smallest absolute Gasteiger partial charge is 0.326 e. The van der Waals surface area contributed by atoms with Crippen LogP contribution in [0, 0.1) is 0 Å². The number of aliphatic hydroxyl groups excluding tert-OH is 1. The summed E-state index contributed by atoms with van der Waals surface area (Å²) in [4.78, 5) is 36.1. The zero-order valence-electron chi connectivity index (χ0n) is 11.1. The number of aliphatic carboxylic acids is 1. The lowest BCUT2D eigenvalue weighted by Gasteiger charge is -2.21. The van der Waals surface area contributed by atoms with Gasteiger partial charge in [-0.2, -0.15) is 0 Å². The predicted octanol–water partition coefficient (Wildman–Crippen LogP) is -0.159. The maximum Gasteiger partial charge on any atom is 0.326 e. The number of anilines is 1. The van der Waals surface area contributed by atoms with Gasteiger partial charge >= 0.3 is 5.97 Å². The molecular formula is C14H14N2O5. The molecule has 3 rings (SSSR count). The first-order valence-electron chi connectivity index (χ1n) is 6.60. The van der Waals surface area contributed by atoms with Gasteiger partial charge in [-0.3, -0.25) is 9.59 Å². The van der Waals surface area contributed by atoms with Crippen LogP contribution < -0.4 is 5.32 Å². The normalized spacial score (nSPS) is 23.9. The zero-order chi connectivity index (χ0) is 15.1. The van der Waals surface area contributed by atoms with Gasteiger partial charge in [-0.15, -0.1) is 0 Å². The average molecular weight is 290 g/mol. The second-order valence-corrected chi connectivity index (χ2v) is 5.30. The Morgan fingerprint density at radius 1 is 1.33 bits per heavy atom. The van der Waals surface area contributed by atoms with Crippen LogP contribution >= 0.6 is 0 Å². The third-order valence-electron chi connectivity index (χ3n) is 3.80. The number of aliphatic hydroxyl groups is 1. The van der Waals surface area contributed by atoms with Crippen LogP contribution in [0.2, 0.25) is 0 Å². The van der Waals surface area contributed by atoms with Crippen molar-refractivity contribution in [1.82, 2.24) is 4.90 Å². The fourth-order valence-electron chi connectivity index (χ4n) is 2.80. The SMILES string of the molecule is O=C1Cc2cc(C(=O)N3CC(O)CC3C(=O)O)ccc2N1. The number of β-amino-alcohol motifs (C(OH)–C–C–N with tert-alkyl or cyclic N) is 1. The molecule has 7 nitrogen and oxygen atoms in total. The minimum atomic E-state index is -1.13. The molecule has 1 fully saturated rings. The van der Waals surface area contributed by atoms with Crippen molar-refractivity contribution in [3.63, 3.8) is 0 Å². The lowest BCUT2D eigenvalue weighted by atomic mass is 10.1. The molecule has 2 aliphatic heterocycles. The Kier molecular flexibility index (Phi) is 3.13. The Morgan fingerprint density at radius 2 is 2.10 bits per heavy atom. The number of carboxylic acid groups (broad SMARTS) is 1. The highest BCUT2D eigenvalue weighted by molar-refractivity contribution is 6.02. The van der Waals surface area contributed by atoms with Gasteiger partial charge in [-0.25, -0.2) is 4.79 Å². The summed E-state index contributed by atoms with van der Waals surface area (Å²) in [6, 6.07) is 3.77. The summed E-state index contributed by atoms with van der Waals surface area (Å²) >= 11 is 0. The zero-order valence-corrected chi connectivity index (χ0v) is 11.1. The van der Waals surface area contributed by atoms with Crippen LogP contribution in [-0.4, -0.2) is 51.6 Å². The summed E-state index contributed by atoms with van der Waals surface area (Å²) in [5, 5.41) is 21.4. The molecule has 1 aromatic rings. The molecule has 0 aromatic heterocycles. The van der Waals surface area contributed by atoms with Crippen molar-refractivity contribution in [3.05, 3.63) is 29.3 Å². The lowest BCUT2D eigenvalue weighted by Crippen LogP contribution is -2.40. The Hall–Kier alpha value is -2.41. The van der Waals surface area contributed by atoms with Gasteiger partial charge in [0.25, 0.3) is 5.91 Å². The highest BCUT2D eigenvalue weighted by Gasteiger charge is 2.39. The highest BCUT2D eigenvalue weighted by atomic mass is 16.4. The molecule has 0 spiro atoms. The summed E-state index contributed by atoms with van der Waals surface area (Å²) < 4.78 is 0. The summed E-state index contributed by atoms with van der Waals surface area (Å²) in [7, 11) is 0. The molecule has 1 aromatic carbocycles. The predicted molar refractivity (Wildman–Crippen MR) is 71.9 cm³/mol. The third-order valence-corrected chi connectivity index (χ3v) is 3.80. The van der Waals surface area contributed by atoms with Crippen molar-refractivity contribution in [2.75, 3.05) is 11.9 Å². The molecule has 0 radical (unpaired) electrons. The molecule has 21 heavy (non-hydrogen) atoms. The Balaban J connectivity index is 1.87. The maximum absolute atomic E-state index is 12.4. The number of fused-ring (bicyclic) bond motifs is 1. The molecule has 0 aliphatic carbocycles. The van der Waals surface area contributed by atoms with Crippen LogP contribution in [0.25, 0.3) is 0 Å². The van der Waals surface area contributed by atoms with E-state index in [4.69, 9.17) is 5.11 Å². The minimum absolute atomic E-state index is 0.00403. The quantitative estimate of drug-likeness (QED) is 0.701. The van der Waals surface area contributed by atoms with Crippen molar-refractivity contribution in [2.45, 2.75) is 25.0 Å². The molecule has 2 unspecified atom stereocenters. The van der Waals surface area contributed by atoms with Crippen molar-refractivity contribution in [3.8, 4) is 0 Å². The maximum atomic E-state index is 12.4. The van der Waals surface area contributed by atoms with Crippen LogP contribution in [0.3, 0.4) is 0 Å². The molecule has 2 aliphatic rings. The monoisotopic (exact) mass is 290 g/mol. The summed E-state index contributed by atoms with van der Waals surface area (Å²) in [6.07, 6.45) is -0.583. The van der Waals surface area contributed by atoms with E-state index in [9.17, 15) is 19.5 Å². The van der Waals surface area contributed by atoms with E-state index >= 15 is 0 Å². The van der Waals surface area contributed by atoms with E-state index in [2.05, 4.69) is 5.32 Å². The molecule has 0 bridgehead atoms. The number of carboxylic acids is 1. The summed E-state index contributed by atoms with van der Waals surface area (Å²) in [5.74, 6) is -1.70. The largest absolute Gasteiger partial charge is 0.480 e. The topological polar surface area (TPSA) is 107 Å². The van der Waals surface area contributed by atoms with Crippen molar-refractivity contribution >= 4 is 23.5 Å². The molecule has 110 valence electrons. The van der Waals surface area contributed by atoms with Gasteiger partial charge in [0.1, 0.15) is 6.04 Å². The highest BCUT2D eigenvalue weighted by Crippen LogP contribution is 2.26. The standard InChI is InChI=1S/C14H14N2O5/c17-9-5-11(14(20)21)16(6-9)13(19)7-1-2-10-8(3-7)4-12(18)15-10/h1-3,9,11,17H,4-6H2,(H,15,18)(H,20,21). The first-order chi connectivity index (χ1) is 9.95. The number of benzene rings is 1. The Labute approximate surface area is 120 Å². The van der Waals surface area contributed by atoms with Crippen molar-refractivity contribution in [2.24, 2.45) is 0 Å². The lowest BCUT2D eigenvalue weighted by molar-refractivity contribution is -0.141. The second kappa shape index (κ2) is 4.85. The van der Waals surface area contributed by atoms with E-state index in [1.54, 1.807) is 18.2 Å². The first-order valence-corrected chi connectivity index (χ1v) is 6.60. The molecule has 2 atom stereocenters. The fourth-order valence-corrected chi connectivity index (χ4v) is 2.80. The van der Waals surface area contributed by atoms with Gasteiger partial charge in [0.05, 0.1) is 12.5 Å². The Bertz CT molecular complexity index is 642. The van der Waals surface area contributed by atoms with Gasteiger partial charge in [-0.05, 0) is 23.8 Å². The number of hydrogen-bond acceptors (Lipinski definition) is 4. The second-order valence-electron chi connectivity index (χ2n) is 5.30. The molecule has 1 saturated heterocycles. The van der Waals surface area contributed by atoms with E-state index < -0.39 is 24.0 Å². The van der Waals surface area contributed by atoms with Gasteiger partial charge in [0.2, 0.25) is 5.91 Å². The summed E-state index contributed by atoms with van der Waals surface area (Å²) in [6.45, 7) is 0.00403. The number of carbonyl (C=O) groups is 3. The number of carbonyl (C=O) groups excluding carboxylic acids is 2. The van der Waals surface area contributed by atoms with E-state index in [0.717, 1.165) is 5.56 Å². The third kappa shape index (κ3) is 2.36. The summed E-state index contributed by atoms with van der Waals surface area (Å²) in [5.41, 5.74) is 1.72. The van der Waals surface area contributed by atoms with Gasteiger partial charge in [0.15, 0.2) is 0 Å². The molecule has 2 amide bonds. The van der Waals surface area contributed by atoms with Crippen molar-refractivity contribution < 1.29 is 24.6 Å².